The highest BCUT2D eigenvalue weighted by Gasteiger charge is 2.40. The van der Waals surface area contributed by atoms with E-state index in [9.17, 15) is 9.90 Å². The molecule has 7 nitrogen and oxygen atoms in total. The normalized spacial score (nSPS) is 31.4. The topological polar surface area (TPSA) is 85.6 Å². The third-order valence-corrected chi connectivity index (χ3v) is 2.51. The first-order valence-electron chi connectivity index (χ1n) is 6.51. The summed E-state index contributed by atoms with van der Waals surface area (Å²) in [6.45, 7) is -0.698. The lowest BCUT2D eigenvalue weighted by Gasteiger charge is -2.23. The van der Waals surface area contributed by atoms with Gasteiger partial charge in [-0.25, -0.2) is 0 Å². The third-order valence-electron chi connectivity index (χ3n) is 2.51. The van der Waals surface area contributed by atoms with Crippen molar-refractivity contribution >= 4 is 12.1 Å². The van der Waals surface area contributed by atoms with Crippen LogP contribution in [0.2, 0.25) is 0 Å². The summed E-state index contributed by atoms with van der Waals surface area (Å²) in [5.74, 6) is -0.0796. The molecule has 17 heavy (non-hydrogen) atoms. The SMILES string of the molecule is [2H]C([2H])([2H])n1cc(NC=O)c(OC2COCC2(C)O)n1. The lowest BCUT2D eigenvalue weighted by atomic mass is 10.0. The summed E-state index contributed by atoms with van der Waals surface area (Å²) in [5.41, 5.74) is -1.10. The van der Waals surface area contributed by atoms with Crippen LogP contribution in [0.25, 0.3) is 0 Å². The largest absolute Gasteiger partial charge is 0.466 e. The quantitative estimate of drug-likeness (QED) is 0.698. The lowest BCUT2D eigenvalue weighted by molar-refractivity contribution is -0.105. The van der Waals surface area contributed by atoms with Crippen LogP contribution in [0, 0.1) is 0 Å². The fourth-order valence-electron chi connectivity index (χ4n) is 1.55. The van der Waals surface area contributed by atoms with E-state index in [-0.39, 0.29) is 24.8 Å². The second kappa shape index (κ2) is 4.34. The number of carbonyl (C=O) groups is 1. The van der Waals surface area contributed by atoms with Crippen LogP contribution < -0.4 is 10.1 Å². The number of aliphatic hydroxyl groups is 1. The minimum Gasteiger partial charge on any atom is -0.466 e. The number of amides is 1. The molecular weight excluding hydrogens is 226 g/mol. The number of ether oxygens (including phenoxy) is 2. The summed E-state index contributed by atoms with van der Waals surface area (Å²) in [7, 11) is 0. The summed E-state index contributed by atoms with van der Waals surface area (Å²) in [6.07, 6.45) is 0.827. The number of aryl methyl sites for hydroxylation is 1. The molecule has 0 saturated carbocycles. The highest BCUT2D eigenvalue weighted by atomic mass is 16.6. The Kier molecular flexibility index (Phi) is 2.17. The van der Waals surface area contributed by atoms with Gasteiger partial charge in [0.25, 0.3) is 5.88 Å². The number of aromatic nitrogens is 2. The van der Waals surface area contributed by atoms with Crippen LogP contribution >= 0.6 is 0 Å². The molecule has 1 aromatic rings. The van der Waals surface area contributed by atoms with E-state index in [4.69, 9.17) is 13.6 Å². The molecule has 1 amide bonds. The number of hydrogen-bond acceptors (Lipinski definition) is 5. The second-order valence-electron chi connectivity index (χ2n) is 4.03. The van der Waals surface area contributed by atoms with Gasteiger partial charge in [0.05, 0.1) is 19.4 Å². The van der Waals surface area contributed by atoms with Crippen LogP contribution in [0.4, 0.5) is 5.69 Å². The molecule has 7 heteroatoms. The van der Waals surface area contributed by atoms with Crippen LogP contribution in [-0.4, -0.2) is 46.2 Å². The molecule has 0 aromatic carbocycles. The van der Waals surface area contributed by atoms with Gasteiger partial charge >= 0.3 is 0 Å². The van der Waals surface area contributed by atoms with E-state index in [1.165, 1.54) is 6.92 Å². The summed E-state index contributed by atoms with van der Waals surface area (Å²) in [4.78, 5) is 10.5. The molecule has 94 valence electrons. The monoisotopic (exact) mass is 244 g/mol. The molecule has 0 aliphatic carbocycles. The maximum absolute atomic E-state index is 10.5. The first kappa shape index (κ1) is 8.48. The Balaban J connectivity index is 2.26. The molecule has 2 N–H and O–H groups in total. The number of carbonyl (C=O) groups excluding carboxylic acids is 1. The number of nitrogens with zero attached hydrogens (tertiary/aromatic N) is 2. The van der Waals surface area contributed by atoms with Crippen molar-refractivity contribution < 1.29 is 23.5 Å². The Morgan fingerprint density at radius 3 is 3.35 bits per heavy atom. The van der Waals surface area contributed by atoms with Gasteiger partial charge in [0.2, 0.25) is 6.41 Å². The standard InChI is InChI=1S/C10H15N3O4/c1-10(15)5-16-4-8(10)17-9-7(11-6-14)3-13(2)12-9/h3,6,8,15H,4-5H2,1-2H3,(H,11,14)/i2D3. The number of anilines is 1. The average molecular weight is 244 g/mol. The molecule has 0 radical (unpaired) electrons. The molecule has 1 aliphatic heterocycles. The third kappa shape index (κ3) is 2.40. The van der Waals surface area contributed by atoms with Crippen molar-refractivity contribution in [1.82, 2.24) is 9.78 Å². The van der Waals surface area contributed by atoms with Gasteiger partial charge in [-0.15, -0.1) is 5.10 Å². The van der Waals surface area contributed by atoms with Crippen molar-refractivity contribution in [2.75, 3.05) is 18.5 Å². The highest BCUT2D eigenvalue weighted by Crippen LogP contribution is 2.28. The van der Waals surface area contributed by atoms with E-state index in [2.05, 4.69) is 10.4 Å². The van der Waals surface area contributed by atoms with Gasteiger partial charge in [-0.1, -0.05) is 0 Å². The minimum absolute atomic E-state index is 0.0796. The summed E-state index contributed by atoms with van der Waals surface area (Å²) in [6, 6.07) is 0. The van der Waals surface area contributed by atoms with Crippen LogP contribution in [-0.2, 0) is 16.5 Å². The van der Waals surface area contributed by atoms with E-state index in [1.54, 1.807) is 0 Å². The number of rotatable bonds is 4. The molecule has 1 saturated heterocycles. The van der Waals surface area contributed by atoms with E-state index in [0.29, 0.717) is 11.1 Å². The van der Waals surface area contributed by atoms with Crippen LogP contribution in [0.5, 0.6) is 5.88 Å². The fourth-order valence-corrected chi connectivity index (χ4v) is 1.55. The maximum Gasteiger partial charge on any atom is 0.257 e. The molecule has 2 heterocycles. The van der Waals surface area contributed by atoms with E-state index in [1.807, 2.05) is 0 Å². The first-order chi connectivity index (χ1) is 9.24. The Bertz CT molecular complexity index is 500. The van der Waals surface area contributed by atoms with Crippen LogP contribution in [0.1, 0.15) is 11.0 Å². The summed E-state index contributed by atoms with van der Waals surface area (Å²) in [5, 5.41) is 16.1. The second-order valence-corrected chi connectivity index (χ2v) is 4.03. The van der Waals surface area contributed by atoms with E-state index >= 15 is 0 Å². The Labute approximate surface area is 103 Å². The maximum atomic E-state index is 10.5. The summed E-state index contributed by atoms with van der Waals surface area (Å²) < 4.78 is 33.1. The van der Waals surface area contributed by atoms with Gasteiger partial charge in [0.1, 0.15) is 11.3 Å². The van der Waals surface area contributed by atoms with Gasteiger partial charge in [0, 0.05) is 11.1 Å². The zero-order valence-corrected chi connectivity index (χ0v) is 9.21. The molecule has 1 aliphatic rings. The zero-order valence-electron chi connectivity index (χ0n) is 12.2. The fraction of sp³-hybridized carbons (Fsp3) is 0.600. The number of nitrogens with one attached hydrogen (secondary N) is 1. The molecule has 1 aromatic heterocycles. The Hall–Kier alpha value is -1.60. The van der Waals surface area contributed by atoms with Crippen molar-refractivity contribution in [2.24, 2.45) is 6.98 Å². The molecule has 2 rings (SSSR count). The van der Waals surface area contributed by atoms with Gasteiger partial charge < -0.3 is 19.9 Å². The summed E-state index contributed by atoms with van der Waals surface area (Å²) >= 11 is 0. The smallest absolute Gasteiger partial charge is 0.257 e. The van der Waals surface area contributed by atoms with Crippen LogP contribution in [0.15, 0.2) is 6.20 Å². The van der Waals surface area contributed by atoms with Crippen molar-refractivity contribution in [2.45, 2.75) is 18.6 Å². The predicted octanol–water partition coefficient (Wildman–Crippen LogP) is -0.483. The van der Waals surface area contributed by atoms with Crippen molar-refractivity contribution in [3.63, 3.8) is 0 Å². The van der Waals surface area contributed by atoms with Crippen LogP contribution in [0.3, 0.4) is 0 Å². The number of hydrogen-bond donors (Lipinski definition) is 2. The Morgan fingerprint density at radius 2 is 2.76 bits per heavy atom. The van der Waals surface area contributed by atoms with Crippen molar-refractivity contribution in [3.05, 3.63) is 6.20 Å². The Morgan fingerprint density at radius 1 is 1.94 bits per heavy atom. The van der Waals surface area contributed by atoms with Crippen molar-refractivity contribution in [1.29, 1.82) is 0 Å². The molecule has 1 fully saturated rings. The first-order valence-corrected chi connectivity index (χ1v) is 5.01. The van der Waals surface area contributed by atoms with Gasteiger partial charge in [-0.2, -0.15) is 0 Å². The lowest BCUT2D eigenvalue weighted by Crippen LogP contribution is -2.42. The molecule has 2 unspecified atom stereocenters. The minimum atomic E-state index is -2.49. The van der Waals surface area contributed by atoms with Gasteiger partial charge in [0.15, 0.2) is 6.10 Å². The predicted molar refractivity (Wildman–Crippen MR) is 58.8 cm³/mol. The average Bonchev–Trinajstić information content (AvgIpc) is 2.85. The molecule has 2 atom stereocenters. The van der Waals surface area contributed by atoms with Crippen molar-refractivity contribution in [3.8, 4) is 5.88 Å². The zero-order chi connectivity index (χ0) is 15.0. The van der Waals surface area contributed by atoms with E-state index in [0.717, 1.165) is 6.20 Å². The molecular formula is C10H15N3O4. The van der Waals surface area contributed by atoms with E-state index < -0.39 is 18.7 Å². The van der Waals surface area contributed by atoms with Gasteiger partial charge in [-0.05, 0) is 6.92 Å². The highest BCUT2D eigenvalue weighted by molar-refractivity contribution is 5.73. The molecule has 0 bridgehead atoms. The van der Waals surface area contributed by atoms with Gasteiger partial charge in [-0.3, -0.25) is 9.48 Å². The molecule has 0 spiro atoms.